The van der Waals surface area contributed by atoms with E-state index >= 15 is 0 Å². The Morgan fingerprint density at radius 3 is 2.85 bits per heavy atom. The van der Waals surface area contributed by atoms with Crippen molar-refractivity contribution in [2.24, 2.45) is 5.11 Å². The highest BCUT2D eigenvalue weighted by molar-refractivity contribution is 5.82. The molecule has 2 fully saturated rings. The van der Waals surface area contributed by atoms with Gasteiger partial charge in [-0.3, -0.25) is 4.79 Å². The first-order chi connectivity index (χ1) is 13.2. The van der Waals surface area contributed by atoms with E-state index in [1.165, 1.54) is 6.92 Å². The topological polar surface area (TPSA) is 103 Å². The van der Waals surface area contributed by atoms with Crippen molar-refractivity contribution in [1.82, 2.24) is 0 Å². The van der Waals surface area contributed by atoms with E-state index in [2.05, 4.69) is 16.1 Å². The van der Waals surface area contributed by atoms with E-state index in [1.807, 2.05) is 36.4 Å². The number of nitrogens with zero attached hydrogens (tertiary/aromatic N) is 3. The molecule has 2 aromatic rings. The second-order valence-electron chi connectivity index (χ2n) is 6.60. The highest BCUT2D eigenvalue weighted by atomic mass is 16.7. The third kappa shape index (κ3) is 3.61. The third-order valence-electron chi connectivity index (χ3n) is 4.78. The summed E-state index contributed by atoms with van der Waals surface area (Å²) in [6.45, 7) is 1.91. The van der Waals surface area contributed by atoms with Gasteiger partial charge in [-0.15, -0.1) is 0 Å². The van der Waals surface area contributed by atoms with Crippen LogP contribution < -0.4 is 0 Å². The zero-order valence-electron chi connectivity index (χ0n) is 14.7. The maximum Gasteiger partial charge on any atom is 0.303 e. The Balaban J connectivity index is 1.55. The number of carbonyl (C=O) groups is 1. The molecule has 0 amide bonds. The second-order valence-corrected chi connectivity index (χ2v) is 6.60. The number of esters is 1. The summed E-state index contributed by atoms with van der Waals surface area (Å²) >= 11 is 0. The van der Waals surface area contributed by atoms with Gasteiger partial charge in [0.2, 0.25) is 0 Å². The Bertz CT molecular complexity index is 898. The monoisotopic (exact) mass is 369 g/mol. The van der Waals surface area contributed by atoms with Gasteiger partial charge in [-0.2, -0.15) is 0 Å². The van der Waals surface area contributed by atoms with Crippen LogP contribution in [0.4, 0.5) is 0 Å². The number of ether oxygens (including phenoxy) is 4. The van der Waals surface area contributed by atoms with Gasteiger partial charge in [-0.05, 0) is 27.9 Å². The third-order valence-corrected chi connectivity index (χ3v) is 4.78. The van der Waals surface area contributed by atoms with Gasteiger partial charge in [0, 0.05) is 11.8 Å². The minimum atomic E-state index is -0.792. The largest absolute Gasteiger partial charge is 0.459 e. The summed E-state index contributed by atoms with van der Waals surface area (Å²) in [6, 6.07) is 13.4. The van der Waals surface area contributed by atoms with E-state index in [-0.39, 0.29) is 6.10 Å². The lowest BCUT2D eigenvalue weighted by Crippen LogP contribution is -2.55. The van der Waals surface area contributed by atoms with Crippen LogP contribution in [0.25, 0.3) is 21.2 Å². The van der Waals surface area contributed by atoms with Crippen molar-refractivity contribution in [1.29, 1.82) is 0 Å². The molecule has 2 bridgehead atoms. The van der Waals surface area contributed by atoms with Crippen molar-refractivity contribution in [3.8, 4) is 0 Å². The molecule has 2 aliphatic rings. The van der Waals surface area contributed by atoms with E-state index < -0.39 is 30.5 Å². The highest BCUT2D eigenvalue weighted by Crippen LogP contribution is 2.34. The molecule has 0 unspecified atom stereocenters. The molecule has 8 heteroatoms. The molecular weight excluding hydrogens is 350 g/mol. The molecule has 0 saturated carbocycles. The zero-order chi connectivity index (χ0) is 18.8. The summed E-state index contributed by atoms with van der Waals surface area (Å²) < 4.78 is 22.8. The van der Waals surface area contributed by atoms with Gasteiger partial charge in [-0.25, -0.2) is 0 Å². The zero-order valence-corrected chi connectivity index (χ0v) is 14.7. The predicted octanol–water partition coefficient (Wildman–Crippen LogP) is 3.09. The lowest BCUT2D eigenvalue weighted by Gasteiger charge is -2.38. The fourth-order valence-electron chi connectivity index (χ4n) is 3.58. The molecule has 0 spiro atoms. The minimum Gasteiger partial charge on any atom is -0.459 e. The van der Waals surface area contributed by atoms with Crippen molar-refractivity contribution in [2.45, 2.75) is 44.2 Å². The van der Waals surface area contributed by atoms with Crippen LogP contribution >= 0.6 is 0 Å². The van der Waals surface area contributed by atoms with Gasteiger partial charge >= 0.3 is 5.97 Å². The first kappa shape index (κ1) is 17.8. The molecular formula is C19H19N3O5. The molecule has 140 valence electrons. The van der Waals surface area contributed by atoms with Crippen LogP contribution in [0.3, 0.4) is 0 Å². The normalized spacial score (nSPS) is 29.3. The van der Waals surface area contributed by atoms with Gasteiger partial charge < -0.3 is 18.9 Å². The molecule has 2 saturated heterocycles. The van der Waals surface area contributed by atoms with Gasteiger partial charge in [0.15, 0.2) is 6.29 Å². The molecule has 4 rings (SSSR count). The average Bonchev–Trinajstić information content (AvgIpc) is 3.10. The number of benzene rings is 2. The molecule has 2 heterocycles. The van der Waals surface area contributed by atoms with Crippen molar-refractivity contribution < 1.29 is 23.7 Å². The van der Waals surface area contributed by atoms with E-state index in [0.29, 0.717) is 13.2 Å². The highest BCUT2D eigenvalue weighted by Gasteiger charge is 2.52. The van der Waals surface area contributed by atoms with E-state index in [0.717, 1.165) is 16.3 Å². The maximum absolute atomic E-state index is 11.6. The first-order valence-electron chi connectivity index (χ1n) is 8.73. The maximum atomic E-state index is 11.6. The molecule has 2 aromatic carbocycles. The molecule has 0 aliphatic carbocycles. The molecule has 0 radical (unpaired) electrons. The number of carbonyl (C=O) groups excluding carboxylic acids is 1. The first-order valence-corrected chi connectivity index (χ1v) is 8.73. The van der Waals surface area contributed by atoms with Crippen molar-refractivity contribution in [2.75, 3.05) is 6.61 Å². The van der Waals surface area contributed by atoms with Gasteiger partial charge in [0.1, 0.15) is 24.4 Å². The number of rotatable bonds is 5. The van der Waals surface area contributed by atoms with Crippen LogP contribution in [0.5, 0.6) is 0 Å². The lowest BCUT2D eigenvalue weighted by molar-refractivity contribution is -0.209. The smallest absolute Gasteiger partial charge is 0.303 e. The van der Waals surface area contributed by atoms with Crippen LogP contribution in [-0.4, -0.2) is 43.2 Å². The van der Waals surface area contributed by atoms with E-state index in [1.54, 1.807) is 0 Å². The summed E-state index contributed by atoms with van der Waals surface area (Å²) in [5.74, 6) is -0.473. The van der Waals surface area contributed by atoms with Gasteiger partial charge in [0.25, 0.3) is 0 Å². The standard InChI is InChI=1S/C19H19N3O5/c1-11(23)26-18-16(21-22-20)19-25-10-15(27-19)17(18)24-9-12-6-7-13-4-2-3-5-14(13)8-12/h2-8,15-19H,9-10H2,1H3/t15-,16-,17-,18-,19-/m1/s1. The van der Waals surface area contributed by atoms with Gasteiger partial charge in [-0.1, -0.05) is 41.5 Å². The van der Waals surface area contributed by atoms with Crippen LogP contribution in [0, 0.1) is 0 Å². The van der Waals surface area contributed by atoms with Crippen LogP contribution in [0.2, 0.25) is 0 Å². The fraction of sp³-hybridized carbons (Fsp3) is 0.421. The van der Waals surface area contributed by atoms with Crippen molar-refractivity contribution >= 4 is 16.7 Å². The summed E-state index contributed by atoms with van der Waals surface area (Å²) in [4.78, 5) is 14.4. The number of hydrogen-bond donors (Lipinski definition) is 0. The Morgan fingerprint density at radius 2 is 2.07 bits per heavy atom. The summed E-state index contributed by atoms with van der Waals surface area (Å²) in [7, 11) is 0. The molecule has 0 aromatic heterocycles. The Kier molecular flexibility index (Phi) is 4.96. The number of azide groups is 1. The van der Waals surface area contributed by atoms with Crippen molar-refractivity contribution in [3.63, 3.8) is 0 Å². The van der Waals surface area contributed by atoms with Crippen LogP contribution in [-0.2, 0) is 30.3 Å². The molecule has 5 atom stereocenters. The number of hydrogen-bond acceptors (Lipinski definition) is 6. The molecule has 27 heavy (non-hydrogen) atoms. The molecule has 2 aliphatic heterocycles. The van der Waals surface area contributed by atoms with E-state index in [4.69, 9.17) is 24.5 Å². The average molecular weight is 369 g/mol. The summed E-state index contributed by atoms with van der Waals surface area (Å²) in [5.41, 5.74) is 9.84. The Morgan fingerprint density at radius 1 is 1.26 bits per heavy atom. The Hall–Kier alpha value is -2.64. The minimum absolute atomic E-state index is 0.294. The predicted molar refractivity (Wildman–Crippen MR) is 95.6 cm³/mol. The SMILES string of the molecule is CC(=O)O[C@@H]1[C@@H](N=[N+]=[N-])[C@@H]2OC[C@@H](O2)[C@H]1OCc1ccc2ccccc2c1. The lowest BCUT2D eigenvalue weighted by atomic mass is 9.98. The van der Waals surface area contributed by atoms with Crippen molar-refractivity contribution in [3.05, 3.63) is 58.5 Å². The summed E-state index contributed by atoms with van der Waals surface area (Å²) in [5, 5.41) is 5.98. The van der Waals surface area contributed by atoms with Crippen LogP contribution in [0.1, 0.15) is 12.5 Å². The summed E-state index contributed by atoms with van der Waals surface area (Å²) in [6.07, 6.45) is -2.46. The Labute approximate surface area is 155 Å². The fourth-order valence-corrected chi connectivity index (χ4v) is 3.58. The second kappa shape index (κ2) is 7.54. The van der Waals surface area contributed by atoms with E-state index in [9.17, 15) is 4.79 Å². The van der Waals surface area contributed by atoms with Gasteiger partial charge in [0.05, 0.1) is 13.2 Å². The molecule has 0 N–H and O–H groups in total. The molecule has 8 nitrogen and oxygen atoms in total. The van der Waals surface area contributed by atoms with Crippen LogP contribution in [0.15, 0.2) is 47.6 Å². The quantitative estimate of drug-likeness (QED) is 0.349. The number of fused-ring (bicyclic) bond motifs is 3.